The lowest BCUT2D eigenvalue weighted by molar-refractivity contribution is -0.148. The SMILES string of the molecule is CCC(C)C(C(CC(=O)N1CCCC1C(OC)C(C)C(=O)NC(C)C(O)c1ccccc1)OC)N(C)C(=O)C(NC(=O)C(C(C)C)N(C)C(=O)OCc1ccc(NC(=O)C(CCCNC(N)=O)NC(=O)C(NC(=O)C(CCCCN)NC(C)=O)C(C)C)cc1)C(C)C.O=CO. The topological polar surface area (TPSA) is 402 Å². The lowest BCUT2D eigenvalue weighted by Crippen LogP contribution is -2.60. The Morgan fingerprint density at radius 2 is 1.31 bits per heavy atom. The molecule has 0 aliphatic carbocycles. The van der Waals surface area contributed by atoms with Crippen molar-refractivity contribution in [2.45, 2.75) is 207 Å². The molecule has 11 amide bonds. The average Bonchev–Trinajstić information content (AvgIpc) is 1.79. The summed E-state index contributed by atoms with van der Waals surface area (Å²) < 4.78 is 17.7. The minimum Gasteiger partial charge on any atom is -0.483 e. The largest absolute Gasteiger partial charge is 0.483 e. The van der Waals surface area contributed by atoms with Gasteiger partial charge in [0.15, 0.2) is 0 Å². The van der Waals surface area contributed by atoms with Crippen LogP contribution in [0.15, 0.2) is 54.6 Å². The molecule has 3 rings (SSSR count). The molecule has 0 aromatic heterocycles. The van der Waals surface area contributed by atoms with Gasteiger partial charge in [0.1, 0.15) is 36.8 Å². The molecule has 2 aromatic carbocycles. The molecule has 0 saturated carbocycles. The van der Waals surface area contributed by atoms with Crippen LogP contribution in [-0.4, -0.2) is 199 Å². The van der Waals surface area contributed by atoms with E-state index in [0.29, 0.717) is 68.4 Å². The van der Waals surface area contributed by atoms with Crippen molar-refractivity contribution in [3.63, 3.8) is 0 Å². The van der Waals surface area contributed by atoms with Crippen molar-refractivity contribution in [2.24, 2.45) is 41.1 Å². The first-order valence-corrected chi connectivity index (χ1v) is 32.8. The highest BCUT2D eigenvalue weighted by atomic mass is 16.6. The molecule has 13 unspecified atom stereocenters. The van der Waals surface area contributed by atoms with Crippen LogP contribution in [0.2, 0.25) is 0 Å². The second-order valence-corrected chi connectivity index (χ2v) is 25.4. The highest BCUT2D eigenvalue weighted by Gasteiger charge is 2.44. The number of nitrogens with one attached hydrogen (secondary N) is 7. The number of carbonyl (C=O) groups is 11. The van der Waals surface area contributed by atoms with Crippen LogP contribution >= 0.6 is 0 Å². The van der Waals surface area contributed by atoms with Gasteiger partial charge in [0.2, 0.25) is 47.3 Å². The number of urea groups is 1. The molecule has 0 radical (unpaired) electrons. The number of nitrogens with two attached hydrogens (primary N) is 2. The highest BCUT2D eigenvalue weighted by molar-refractivity contribution is 5.99. The van der Waals surface area contributed by atoms with Crippen molar-refractivity contribution in [1.29, 1.82) is 0 Å². The predicted molar refractivity (Wildman–Crippen MR) is 358 cm³/mol. The summed E-state index contributed by atoms with van der Waals surface area (Å²) in [6.45, 7) is 19.7. The second-order valence-electron chi connectivity index (χ2n) is 25.4. The Balaban J connectivity index is 0.0000100. The van der Waals surface area contributed by atoms with Gasteiger partial charge in [0, 0.05) is 54.0 Å². The quantitative estimate of drug-likeness (QED) is 0.0335. The Labute approximate surface area is 560 Å². The monoisotopic (exact) mass is 1340 g/mol. The van der Waals surface area contributed by atoms with Crippen LogP contribution in [0.25, 0.3) is 0 Å². The predicted octanol–water partition coefficient (Wildman–Crippen LogP) is 3.93. The summed E-state index contributed by atoms with van der Waals surface area (Å²) in [6, 6.07) is 7.69. The minimum absolute atomic E-state index is 0.0663. The maximum atomic E-state index is 14.8. The van der Waals surface area contributed by atoms with E-state index in [1.54, 1.807) is 109 Å². The van der Waals surface area contributed by atoms with E-state index in [1.165, 1.54) is 33.1 Å². The van der Waals surface area contributed by atoms with Crippen molar-refractivity contribution >= 4 is 71.5 Å². The number of carbonyl (C=O) groups excluding carboxylic acids is 10. The molecule has 1 saturated heterocycles. The van der Waals surface area contributed by atoms with Gasteiger partial charge in [-0.05, 0) is 105 Å². The van der Waals surface area contributed by atoms with Crippen LogP contribution in [0.4, 0.5) is 15.3 Å². The van der Waals surface area contributed by atoms with Crippen molar-refractivity contribution in [3.8, 4) is 0 Å². The number of rotatable bonds is 38. The van der Waals surface area contributed by atoms with E-state index in [4.69, 9.17) is 35.6 Å². The number of anilines is 1. The number of hydrogen-bond acceptors (Lipinski definition) is 16. The van der Waals surface area contributed by atoms with Gasteiger partial charge in [0.05, 0.1) is 48.8 Å². The fourth-order valence-corrected chi connectivity index (χ4v) is 11.7. The zero-order valence-corrected chi connectivity index (χ0v) is 58.3. The van der Waals surface area contributed by atoms with Crippen LogP contribution in [0.3, 0.4) is 0 Å². The molecule has 1 fully saturated rings. The molecule has 0 spiro atoms. The average molecular weight is 1340 g/mol. The number of carboxylic acid groups (broad SMARTS) is 1. The van der Waals surface area contributed by atoms with Crippen LogP contribution in [0.5, 0.6) is 0 Å². The highest BCUT2D eigenvalue weighted by Crippen LogP contribution is 2.31. The maximum Gasteiger partial charge on any atom is 0.410 e. The number of aliphatic hydroxyl groups is 1. The number of benzene rings is 2. The number of ether oxygens (including phenoxy) is 3. The zero-order chi connectivity index (χ0) is 71.8. The van der Waals surface area contributed by atoms with Crippen LogP contribution in [0.1, 0.15) is 151 Å². The van der Waals surface area contributed by atoms with Gasteiger partial charge in [-0.25, -0.2) is 9.59 Å². The van der Waals surface area contributed by atoms with Crippen LogP contribution < -0.4 is 48.7 Å². The molecule has 28 nitrogen and oxygen atoms in total. The van der Waals surface area contributed by atoms with Gasteiger partial charge in [-0.2, -0.15) is 0 Å². The summed E-state index contributed by atoms with van der Waals surface area (Å²) in [5.74, 6) is -5.99. The van der Waals surface area contributed by atoms with Crippen molar-refractivity contribution in [3.05, 3.63) is 65.7 Å². The molecule has 95 heavy (non-hydrogen) atoms. The molecule has 1 heterocycles. The summed E-state index contributed by atoms with van der Waals surface area (Å²) in [4.78, 5) is 148. The lowest BCUT2D eigenvalue weighted by atomic mass is 9.89. The molecule has 534 valence electrons. The number of nitrogens with zero attached hydrogens (tertiary/aromatic N) is 3. The van der Waals surface area contributed by atoms with E-state index in [2.05, 4.69) is 37.2 Å². The Bertz CT molecular complexity index is 2760. The van der Waals surface area contributed by atoms with E-state index in [0.717, 1.165) is 0 Å². The number of likely N-dealkylation sites (tertiary alicyclic amines) is 1. The van der Waals surface area contributed by atoms with Gasteiger partial charge in [0.25, 0.3) is 6.47 Å². The Kier molecular flexibility index (Phi) is 37.2. The molecule has 13 N–H and O–H groups in total. The molecule has 1 aliphatic rings. The Morgan fingerprint density at radius 3 is 1.84 bits per heavy atom. The fraction of sp³-hybridized carbons (Fsp3) is 0.657. The first kappa shape index (κ1) is 83.1. The molecule has 1 aliphatic heterocycles. The Morgan fingerprint density at radius 1 is 0.716 bits per heavy atom. The van der Waals surface area contributed by atoms with E-state index < -0.39 is 138 Å². The third-order valence-corrected chi connectivity index (χ3v) is 17.2. The van der Waals surface area contributed by atoms with E-state index in [1.807, 2.05) is 32.0 Å². The van der Waals surface area contributed by atoms with Gasteiger partial charge in [-0.3, -0.25) is 48.1 Å². The van der Waals surface area contributed by atoms with E-state index in [9.17, 15) is 53.1 Å². The first-order valence-electron chi connectivity index (χ1n) is 32.8. The Hall–Kier alpha value is -7.95. The molecular formula is C67H110N12O16. The number of amides is 11. The summed E-state index contributed by atoms with van der Waals surface area (Å²) in [5.41, 5.74) is 12.4. The summed E-state index contributed by atoms with van der Waals surface area (Å²) in [5, 5.41) is 37.1. The van der Waals surface area contributed by atoms with E-state index >= 15 is 0 Å². The number of methoxy groups -OCH3 is 2. The number of primary amides is 1. The van der Waals surface area contributed by atoms with Crippen LogP contribution in [0, 0.1) is 29.6 Å². The van der Waals surface area contributed by atoms with Crippen molar-refractivity contribution in [1.82, 2.24) is 46.6 Å². The van der Waals surface area contributed by atoms with Crippen molar-refractivity contribution in [2.75, 3.05) is 53.3 Å². The smallest absolute Gasteiger partial charge is 0.410 e. The molecule has 0 bridgehead atoms. The summed E-state index contributed by atoms with van der Waals surface area (Å²) in [7, 11) is 6.08. The summed E-state index contributed by atoms with van der Waals surface area (Å²) in [6.07, 6.45) is 0.382. The standard InChI is InChI=1S/C66H108N12O14.CH2O2/c1-16-41(8)56(51(90-14)36-52(80)78-35-23-28-50(78)58(91-15)42(9)59(82)70-43(10)57(81)46-24-18-17-19-25-46)76(12)64(87)54(39(4)5)75-63(86)55(40(6)7)77(13)66(89)92-37-45-29-31-47(32-30-45)72-60(83)49(27-22-34-69-65(68)88)73-62(85)53(38(2)3)74-61(84)48(71-44(11)79)26-20-21-33-67;2-1-3/h17-19,24-25,29-32,38-43,48-51,53-58,81H,16,20-23,26-28,33-37,67H2,1-15H3,(H,70,82)(H,71,79)(H,72,83)(H,73,85)(H,74,84)(H,75,86)(H3,68,69,88);1H,(H,2,3). The van der Waals surface area contributed by atoms with Crippen molar-refractivity contribution < 1.29 is 77.2 Å². The number of unbranched alkanes of at least 4 members (excludes halogenated alkanes) is 1. The van der Waals surface area contributed by atoms with E-state index in [-0.39, 0.29) is 56.6 Å². The zero-order valence-electron chi connectivity index (χ0n) is 58.3. The van der Waals surface area contributed by atoms with Gasteiger partial charge in [-0.15, -0.1) is 0 Å². The van der Waals surface area contributed by atoms with Crippen LogP contribution in [-0.2, 0) is 64.0 Å². The fourth-order valence-electron chi connectivity index (χ4n) is 11.7. The maximum absolute atomic E-state index is 14.8. The molecule has 2 aromatic rings. The number of hydrogen-bond donors (Lipinski definition) is 11. The number of likely N-dealkylation sites (N-methyl/N-ethyl adjacent to an activating group) is 2. The first-order chi connectivity index (χ1) is 44.8. The van der Waals surface area contributed by atoms with Gasteiger partial charge in [-0.1, -0.05) is 111 Å². The molecular weight excluding hydrogens is 1230 g/mol. The van der Waals surface area contributed by atoms with Gasteiger partial charge >= 0.3 is 12.1 Å². The third kappa shape index (κ3) is 26.6. The summed E-state index contributed by atoms with van der Waals surface area (Å²) >= 11 is 0. The minimum atomic E-state index is -1.14. The molecule has 28 heteroatoms. The lowest BCUT2D eigenvalue weighted by Gasteiger charge is -2.41. The van der Waals surface area contributed by atoms with Gasteiger partial charge < -0.3 is 82.9 Å². The third-order valence-electron chi connectivity index (χ3n) is 17.2. The molecule has 13 atom stereocenters. The normalized spacial score (nSPS) is 16.6. The number of aliphatic hydroxyl groups excluding tert-OH is 1. The second kappa shape index (κ2) is 42.5.